The van der Waals surface area contributed by atoms with E-state index in [0.29, 0.717) is 5.41 Å². The third-order valence-corrected chi connectivity index (χ3v) is 3.63. The molecule has 1 aliphatic carbocycles. The van der Waals surface area contributed by atoms with E-state index in [-0.39, 0.29) is 0 Å². The fraction of sp³-hybridized carbons (Fsp3) is 0.714. The first-order valence-corrected chi connectivity index (χ1v) is 5.90. The lowest BCUT2D eigenvalue weighted by molar-refractivity contribution is 0.338. The van der Waals surface area contributed by atoms with E-state index in [1.165, 1.54) is 18.4 Å². The van der Waals surface area contributed by atoms with E-state index in [9.17, 15) is 0 Å². The maximum Gasteiger partial charge on any atom is 0.00556 e. The highest BCUT2D eigenvalue weighted by atomic mass is 15.0. The summed E-state index contributed by atoms with van der Waals surface area (Å²) in [6.07, 6.45) is 7.10. The summed E-state index contributed by atoms with van der Waals surface area (Å²) in [4.78, 5) is 2.11. The van der Waals surface area contributed by atoms with Crippen LogP contribution in [0.2, 0.25) is 0 Å². The quantitative estimate of drug-likeness (QED) is 0.665. The van der Waals surface area contributed by atoms with E-state index >= 15 is 0 Å². The van der Waals surface area contributed by atoms with Crippen molar-refractivity contribution in [2.75, 3.05) is 14.1 Å². The lowest BCUT2D eigenvalue weighted by Crippen LogP contribution is -2.23. The fourth-order valence-corrected chi connectivity index (χ4v) is 2.31. The molecule has 1 rings (SSSR count). The molecule has 0 aromatic heterocycles. The van der Waals surface area contributed by atoms with Crippen LogP contribution in [0.25, 0.3) is 0 Å². The van der Waals surface area contributed by atoms with E-state index in [4.69, 9.17) is 0 Å². The first-order valence-electron chi connectivity index (χ1n) is 5.90. The van der Waals surface area contributed by atoms with Gasteiger partial charge in [-0.15, -0.1) is 0 Å². The number of nitrogens with zero attached hydrogens (tertiary/aromatic N) is 1. The smallest absolute Gasteiger partial charge is 0.00556 e. The van der Waals surface area contributed by atoms with Gasteiger partial charge in [0.05, 0.1) is 0 Å². The van der Waals surface area contributed by atoms with Gasteiger partial charge in [-0.2, -0.15) is 0 Å². The molecular formula is C14H25N. The standard InChI is InChI=1S/C14H25N/c1-11-7-9-14(3,4)13(12(11)2)8-10-15(5)6/h8,10-11H,7,9H2,1-6H3. The summed E-state index contributed by atoms with van der Waals surface area (Å²) in [6, 6.07) is 0. The minimum Gasteiger partial charge on any atom is -0.383 e. The first kappa shape index (κ1) is 12.4. The SMILES string of the molecule is CC1=C(C=CN(C)C)C(C)(C)CCC1C. The molecule has 0 N–H and O–H groups in total. The van der Waals surface area contributed by atoms with E-state index < -0.39 is 0 Å². The Morgan fingerprint density at radius 3 is 2.47 bits per heavy atom. The molecule has 1 heteroatoms. The van der Waals surface area contributed by atoms with Gasteiger partial charge >= 0.3 is 0 Å². The molecule has 0 fully saturated rings. The van der Waals surface area contributed by atoms with Crippen molar-refractivity contribution in [3.05, 3.63) is 23.4 Å². The van der Waals surface area contributed by atoms with Crippen molar-refractivity contribution in [2.45, 2.75) is 40.5 Å². The number of hydrogen-bond donors (Lipinski definition) is 0. The van der Waals surface area contributed by atoms with Crippen LogP contribution in [0.3, 0.4) is 0 Å². The van der Waals surface area contributed by atoms with Gasteiger partial charge in [0.25, 0.3) is 0 Å². The molecule has 15 heavy (non-hydrogen) atoms. The summed E-state index contributed by atoms with van der Waals surface area (Å²) < 4.78 is 0. The molecule has 86 valence electrons. The second kappa shape index (κ2) is 4.42. The number of hydrogen-bond acceptors (Lipinski definition) is 1. The van der Waals surface area contributed by atoms with E-state index in [2.05, 4.69) is 59.0 Å². The number of allylic oxidation sites excluding steroid dienone is 3. The van der Waals surface area contributed by atoms with Gasteiger partial charge < -0.3 is 4.90 Å². The Hall–Kier alpha value is -0.720. The zero-order chi connectivity index (χ0) is 11.6. The Bertz CT molecular complexity index is 282. The summed E-state index contributed by atoms with van der Waals surface area (Å²) in [6.45, 7) is 9.35. The van der Waals surface area contributed by atoms with Crippen LogP contribution in [0.1, 0.15) is 40.5 Å². The molecule has 0 heterocycles. The maximum atomic E-state index is 2.36. The highest BCUT2D eigenvalue weighted by molar-refractivity contribution is 5.33. The molecule has 0 aliphatic heterocycles. The van der Waals surface area contributed by atoms with Crippen molar-refractivity contribution in [1.29, 1.82) is 0 Å². The summed E-state index contributed by atoms with van der Waals surface area (Å²) in [5.41, 5.74) is 3.46. The molecule has 1 nitrogen and oxygen atoms in total. The van der Waals surface area contributed by atoms with Crippen LogP contribution in [0.15, 0.2) is 23.4 Å². The predicted octanol–water partition coefficient (Wildman–Crippen LogP) is 3.83. The Kier molecular flexibility index (Phi) is 3.64. The van der Waals surface area contributed by atoms with Gasteiger partial charge in [-0.1, -0.05) is 26.3 Å². The van der Waals surface area contributed by atoms with Crippen LogP contribution in [0.5, 0.6) is 0 Å². The Morgan fingerprint density at radius 1 is 1.33 bits per heavy atom. The van der Waals surface area contributed by atoms with Crippen molar-refractivity contribution < 1.29 is 0 Å². The topological polar surface area (TPSA) is 3.24 Å². The third kappa shape index (κ3) is 2.87. The lowest BCUT2D eigenvalue weighted by atomic mass is 9.69. The average molecular weight is 207 g/mol. The summed E-state index contributed by atoms with van der Waals surface area (Å²) in [5.74, 6) is 0.750. The molecule has 0 bridgehead atoms. The molecule has 0 saturated heterocycles. The Balaban J connectivity index is 3.02. The predicted molar refractivity (Wildman–Crippen MR) is 67.7 cm³/mol. The van der Waals surface area contributed by atoms with Gasteiger partial charge in [-0.3, -0.25) is 0 Å². The molecule has 1 aliphatic rings. The monoisotopic (exact) mass is 207 g/mol. The normalized spacial score (nSPS) is 26.1. The van der Waals surface area contributed by atoms with Gasteiger partial charge in [0, 0.05) is 14.1 Å². The minimum atomic E-state index is 0.350. The average Bonchev–Trinajstić information content (AvgIpc) is 2.11. The van der Waals surface area contributed by atoms with E-state index in [0.717, 1.165) is 5.92 Å². The van der Waals surface area contributed by atoms with Crippen molar-refractivity contribution in [1.82, 2.24) is 4.90 Å². The second-order valence-electron chi connectivity index (χ2n) is 5.70. The fourth-order valence-electron chi connectivity index (χ4n) is 2.31. The van der Waals surface area contributed by atoms with Crippen LogP contribution in [-0.4, -0.2) is 19.0 Å². The van der Waals surface area contributed by atoms with E-state index in [1.807, 2.05) is 0 Å². The highest BCUT2D eigenvalue weighted by Gasteiger charge is 2.29. The van der Waals surface area contributed by atoms with Crippen LogP contribution in [-0.2, 0) is 0 Å². The van der Waals surface area contributed by atoms with Crippen LogP contribution in [0.4, 0.5) is 0 Å². The number of rotatable bonds is 2. The largest absolute Gasteiger partial charge is 0.383 e. The van der Waals surface area contributed by atoms with Gasteiger partial charge in [0.2, 0.25) is 0 Å². The summed E-state index contributed by atoms with van der Waals surface area (Å²) >= 11 is 0. The third-order valence-electron chi connectivity index (χ3n) is 3.63. The molecule has 0 spiro atoms. The van der Waals surface area contributed by atoms with Crippen LogP contribution >= 0.6 is 0 Å². The second-order valence-corrected chi connectivity index (χ2v) is 5.70. The zero-order valence-electron chi connectivity index (χ0n) is 11.1. The van der Waals surface area contributed by atoms with Crippen LogP contribution in [0, 0.1) is 11.3 Å². The van der Waals surface area contributed by atoms with Gasteiger partial charge in [0.15, 0.2) is 0 Å². The van der Waals surface area contributed by atoms with Gasteiger partial charge in [-0.25, -0.2) is 0 Å². The highest BCUT2D eigenvalue weighted by Crippen LogP contribution is 2.43. The van der Waals surface area contributed by atoms with Gasteiger partial charge in [-0.05, 0) is 48.9 Å². The maximum absolute atomic E-state index is 2.36. The minimum absolute atomic E-state index is 0.350. The van der Waals surface area contributed by atoms with Crippen molar-refractivity contribution in [2.24, 2.45) is 11.3 Å². The lowest BCUT2D eigenvalue weighted by Gasteiger charge is -2.36. The summed E-state index contributed by atoms with van der Waals surface area (Å²) in [7, 11) is 4.15. The van der Waals surface area contributed by atoms with Crippen molar-refractivity contribution >= 4 is 0 Å². The molecule has 0 aromatic rings. The Labute approximate surface area is 94.9 Å². The Morgan fingerprint density at radius 2 is 1.93 bits per heavy atom. The van der Waals surface area contributed by atoms with Gasteiger partial charge in [0.1, 0.15) is 0 Å². The molecule has 1 unspecified atom stereocenters. The zero-order valence-corrected chi connectivity index (χ0v) is 11.1. The molecule has 0 radical (unpaired) electrons. The molecule has 0 aromatic carbocycles. The van der Waals surface area contributed by atoms with Crippen molar-refractivity contribution in [3.63, 3.8) is 0 Å². The van der Waals surface area contributed by atoms with Crippen LogP contribution < -0.4 is 0 Å². The first-order chi connectivity index (χ1) is 6.84. The molecular weight excluding hydrogens is 182 g/mol. The molecule has 0 amide bonds. The summed E-state index contributed by atoms with van der Waals surface area (Å²) in [5, 5.41) is 0. The molecule has 0 saturated carbocycles. The molecule has 1 atom stereocenters. The van der Waals surface area contributed by atoms with Crippen molar-refractivity contribution in [3.8, 4) is 0 Å². The van der Waals surface area contributed by atoms with E-state index in [1.54, 1.807) is 5.57 Å².